The van der Waals surface area contributed by atoms with Gasteiger partial charge in [0.1, 0.15) is 11.6 Å². The van der Waals surface area contributed by atoms with E-state index in [9.17, 15) is 4.79 Å². The summed E-state index contributed by atoms with van der Waals surface area (Å²) in [5, 5.41) is 0.219. The summed E-state index contributed by atoms with van der Waals surface area (Å²) in [6.07, 6.45) is 4.41. The largest absolute Gasteiger partial charge is 0.459 e. The number of ether oxygens (including phenoxy) is 1. The summed E-state index contributed by atoms with van der Waals surface area (Å²) in [5.41, 5.74) is -0.429. The molecule has 1 saturated heterocycles. The summed E-state index contributed by atoms with van der Waals surface area (Å²) in [6, 6.07) is -0.112. The van der Waals surface area contributed by atoms with E-state index < -0.39 is 13.9 Å². The number of carbonyl (C=O) groups excluding carboxylic acids is 1. The van der Waals surface area contributed by atoms with E-state index >= 15 is 0 Å². The topological polar surface area (TPSA) is 38.8 Å². The molecular weight excluding hydrogens is 342 g/mol. The summed E-state index contributed by atoms with van der Waals surface area (Å²) < 4.78 is 12.1. The summed E-state index contributed by atoms with van der Waals surface area (Å²) >= 11 is 0. The van der Waals surface area contributed by atoms with E-state index in [0.717, 1.165) is 32.5 Å². The minimum atomic E-state index is -1.75. The highest BCUT2D eigenvalue weighted by Gasteiger charge is 2.41. The molecule has 1 rings (SSSR count). The number of hydrogen-bond acceptors (Lipinski definition) is 4. The van der Waals surface area contributed by atoms with Crippen molar-refractivity contribution in [2.75, 3.05) is 19.7 Å². The summed E-state index contributed by atoms with van der Waals surface area (Å²) in [7, 11) is -1.75. The van der Waals surface area contributed by atoms with Gasteiger partial charge in [0.15, 0.2) is 8.32 Å². The molecule has 2 atom stereocenters. The molecule has 0 aromatic heterocycles. The molecule has 1 heterocycles. The first-order valence-corrected chi connectivity index (χ1v) is 13.3. The van der Waals surface area contributed by atoms with Gasteiger partial charge in [-0.15, -0.1) is 0 Å². The van der Waals surface area contributed by atoms with Gasteiger partial charge >= 0.3 is 5.97 Å². The zero-order valence-corrected chi connectivity index (χ0v) is 19.8. The van der Waals surface area contributed by atoms with Gasteiger partial charge in [-0.05, 0) is 64.2 Å². The number of hydrogen-bond donors (Lipinski definition) is 0. The van der Waals surface area contributed by atoms with Gasteiger partial charge in [-0.2, -0.15) is 0 Å². The second kappa shape index (κ2) is 9.20. The van der Waals surface area contributed by atoms with Crippen LogP contribution in [0.1, 0.15) is 74.1 Å². The third-order valence-electron chi connectivity index (χ3n) is 5.70. The molecule has 5 heteroatoms. The molecular formula is C21H43NO3Si. The molecule has 0 spiro atoms. The van der Waals surface area contributed by atoms with E-state index in [2.05, 4.69) is 45.7 Å². The van der Waals surface area contributed by atoms with E-state index in [-0.39, 0.29) is 17.0 Å². The van der Waals surface area contributed by atoms with Crippen LogP contribution in [0, 0.1) is 5.92 Å². The lowest BCUT2D eigenvalue weighted by atomic mass is 10.1. The third-order valence-corrected chi connectivity index (χ3v) is 10.2. The van der Waals surface area contributed by atoms with E-state index in [4.69, 9.17) is 9.16 Å². The van der Waals surface area contributed by atoms with Crippen LogP contribution in [-0.4, -0.2) is 50.5 Å². The van der Waals surface area contributed by atoms with Crippen LogP contribution in [0.3, 0.4) is 0 Å². The van der Waals surface area contributed by atoms with Crippen LogP contribution >= 0.6 is 0 Å². The first kappa shape index (κ1) is 23.6. The maximum atomic E-state index is 12.7. The first-order chi connectivity index (χ1) is 11.8. The summed E-state index contributed by atoms with van der Waals surface area (Å²) in [6.45, 7) is 22.1. The van der Waals surface area contributed by atoms with Crippen molar-refractivity contribution in [1.29, 1.82) is 0 Å². The first-order valence-electron chi connectivity index (χ1n) is 10.4. The molecule has 0 radical (unpaired) electrons. The van der Waals surface area contributed by atoms with E-state index in [1.165, 1.54) is 12.8 Å². The Labute approximate surface area is 163 Å². The van der Waals surface area contributed by atoms with Crippen molar-refractivity contribution in [3.8, 4) is 0 Å². The van der Waals surface area contributed by atoms with Crippen molar-refractivity contribution < 1.29 is 14.0 Å². The Hall–Kier alpha value is -0.393. The fourth-order valence-corrected chi connectivity index (χ4v) is 4.17. The Bertz CT molecular complexity index is 451. The Kier molecular flexibility index (Phi) is 8.37. The monoisotopic (exact) mass is 385 g/mol. The number of nitrogens with zero attached hydrogens (tertiary/aromatic N) is 1. The number of carbonyl (C=O) groups is 1. The van der Waals surface area contributed by atoms with Gasteiger partial charge < -0.3 is 9.16 Å². The predicted molar refractivity (Wildman–Crippen MR) is 112 cm³/mol. The van der Waals surface area contributed by atoms with Gasteiger partial charge in [-0.25, -0.2) is 0 Å². The average Bonchev–Trinajstić information content (AvgIpc) is 2.86. The molecule has 1 fully saturated rings. The van der Waals surface area contributed by atoms with E-state index in [1.807, 2.05) is 20.8 Å². The van der Waals surface area contributed by atoms with Crippen molar-refractivity contribution in [3.05, 3.63) is 0 Å². The lowest BCUT2D eigenvalue weighted by molar-refractivity contribution is -0.160. The smallest absolute Gasteiger partial charge is 0.323 e. The molecule has 0 saturated carbocycles. The number of esters is 1. The highest BCUT2D eigenvalue weighted by atomic mass is 28.4. The summed E-state index contributed by atoms with van der Waals surface area (Å²) in [5.74, 6) is 0.354. The van der Waals surface area contributed by atoms with Crippen molar-refractivity contribution in [1.82, 2.24) is 4.90 Å². The third kappa shape index (κ3) is 7.32. The standard InChI is InChI=1S/C21H43NO3Si/c1-10-11-12-13-22-15-17(16-24-26(8,9)21(5,6)7)14-18(22)19(23)25-20(2,3)4/h17-18H,10-16H2,1-9H3. The predicted octanol–water partition coefficient (Wildman–Crippen LogP) is 5.23. The van der Waals surface area contributed by atoms with Crippen LogP contribution in [0.2, 0.25) is 18.1 Å². The van der Waals surface area contributed by atoms with Crippen molar-refractivity contribution in [3.63, 3.8) is 0 Å². The fourth-order valence-electron chi connectivity index (χ4n) is 3.09. The SMILES string of the molecule is CCCCCN1CC(CO[Si](C)(C)C(C)(C)C)CC1C(=O)OC(C)(C)C. The van der Waals surface area contributed by atoms with Crippen LogP contribution in [0.25, 0.3) is 0 Å². The molecule has 0 aromatic carbocycles. The Balaban J connectivity index is 2.71. The summed E-state index contributed by atoms with van der Waals surface area (Å²) in [4.78, 5) is 15.1. The quantitative estimate of drug-likeness (QED) is 0.326. The molecule has 0 bridgehead atoms. The van der Waals surface area contributed by atoms with Crippen LogP contribution in [0.15, 0.2) is 0 Å². The molecule has 1 aliphatic rings. The van der Waals surface area contributed by atoms with Crippen LogP contribution < -0.4 is 0 Å². The highest BCUT2D eigenvalue weighted by molar-refractivity contribution is 6.74. The van der Waals surface area contributed by atoms with Gasteiger partial charge in [0.2, 0.25) is 0 Å². The van der Waals surface area contributed by atoms with Crippen molar-refractivity contribution >= 4 is 14.3 Å². The molecule has 0 N–H and O–H groups in total. The maximum absolute atomic E-state index is 12.7. The van der Waals surface area contributed by atoms with E-state index in [0.29, 0.717) is 5.92 Å². The average molecular weight is 386 g/mol. The number of rotatable bonds is 8. The van der Waals surface area contributed by atoms with Gasteiger partial charge in [0.25, 0.3) is 0 Å². The van der Waals surface area contributed by atoms with Crippen LogP contribution in [-0.2, 0) is 14.0 Å². The second-order valence-electron chi connectivity index (χ2n) is 10.4. The molecule has 4 nitrogen and oxygen atoms in total. The lowest BCUT2D eigenvalue weighted by Crippen LogP contribution is -2.42. The van der Waals surface area contributed by atoms with Gasteiger partial charge in [0, 0.05) is 13.2 Å². The van der Waals surface area contributed by atoms with Crippen LogP contribution in [0.4, 0.5) is 0 Å². The van der Waals surface area contributed by atoms with Crippen LogP contribution in [0.5, 0.6) is 0 Å². The molecule has 0 aliphatic carbocycles. The zero-order valence-electron chi connectivity index (χ0n) is 18.8. The minimum Gasteiger partial charge on any atom is -0.459 e. The zero-order chi connectivity index (χ0) is 20.2. The van der Waals surface area contributed by atoms with Gasteiger partial charge in [0.05, 0.1) is 0 Å². The Morgan fingerprint density at radius 1 is 1.12 bits per heavy atom. The molecule has 2 unspecified atom stereocenters. The maximum Gasteiger partial charge on any atom is 0.323 e. The fraction of sp³-hybridized carbons (Fsp3) is 0.952. The van der Waals surface area contributed by atoms with Gasteiger partial charge in [-0.1, -0.05) is 40.5 Å². The number of unbranched alkanes of at least 4 members (excludes halogenated alkanes) is 2. The van der Waals surface area contributed by atoms with E-state index in [1.54, 1.807) is 0 Å². The Morgan fingerprint density at radius 2 is 1.73 bits per heavy atom. The second-order valence-corrected chi connectivity index (χ2v) is 15.2. The minimum absolute atomic E-state index is 0.0659. The lowest BCUT2D eigenvalue weighted by Gasteiger charge is -2.37. The number of likely N-dealkylation sites (tertiary alicyclic amines) is 1. The molecule has 154 valence electrons. The normalized spacial score (nSPS) is 22.7. The molecule has 0 aromatic rings. The molecule has 26 heavy (non-hydrogen) atoms. The Morgan fingerprint density at radius 3 is 2.23 bits per heavy atom. The molecule has 1 aliphatic heterocycles. The van der Waals surface area contributed by atoms with Crippen molar-refractivity contribution in [2.45, 2.75) is 104 Å². The highest BCUT2D eigenvalue weighted by Crippen LogP contribution is 2.37. The molecule has 0 amide bonds. The van der Waals surface area contributed by atoms with Crippen molar-refractivity contribution in [2.24, 2.45) is 5.92 Å². The van der Waals surface area contributed by atoms with Gasteiger partial charge in [-0.3, -0.25) is 9.69 Å².